The molecular formula is C20H18N2O7. The van der Waals surface area contributed by atoms with Gasteiger partial charge in [-0.3, -0.25) is 24.1 Å². The van der Waals surface area contributed by atoms with Gasteiger partial charge in [0.05, 0.1) is 20.3 Å². The molecule has 9 heteroatoms. The van der Waals surface area contributed by atoms with E-state index in [2.05, 4.69) is 0 Å². The second kappa shape index (κ2) is 7.63. The molecule has 2 atom stereocenters. The number of carboxylic acid groups (broad SMARTS) is 1. The fraction of sp³-hybridized carbons (Fsp3) is 0.200. The molecule has 3 amide bonds. The largest absolute Gasteiger partial charge is 0.497 e. The average molecular weight is 398 g/mol. The van der Waals surface area contributed by atoms with Crippen LogP contribution in [0.25, 0.3) is 0 Å². The molecule has 29 heavy (non-hydrogen) atoms. The van der Waals surface area contributed by atoms with Gasteiger partial charge in [0.25, 0.3) is 5.91 Å². The summed E-state index contributed by atoms with van der Waals surface area (Å²) < 4.78 is 10.4. The summed E-state index contributed by atoms with van der Waals surface area (Å²) in [6, 6.07) is 9.21. The molecule has 0 fully saturated rings. The number of carboxylic acids is 1. The summed E-state index contributed by atoms with van der Waals surface area (Å²) in [5.74, 6) is -5.46. The normalized spacial score (nSPS) is 18.0. The van der Waals surface area contributed by atoms with E-state index in [0.717, 1.165) is 0 Å². The molecule has 3 rings (SSSR count). The van der Waals surface area contributed by atoms with Crippen LogP contribution in [0, 0.1) is 0 Å². The second-order valence-electron chi connectivity index (χ2n) is 6.34. The second-order valence-corrected chi connectivity index (χ2v) is 6.34. The fourth-order valence-corrected chi connectivity index (χ4v) is 3.49. The predicted octanol–water partition coefficient (Wildman–Crippen LogP) is 1.08. The first-order valence-corrected chi connectivity index (χ1v) is 8.52. The van der Waals surface area contributed by atoms with Crippen molar-refractivity contribution in [2.75, 3.05) is 14.2 Å². The highest BCUT2D eigenvalue weighted by atomic mass is 16.5. The lowest BCUT2D eigenvalue weighted by Gasteiger charge is -2.38. The molecule has 0 saturated heterocycles. The molecule has 0 saturated carbocycles. The molecule has 0 aliphatic carbocycles. The summed E-state index contributed by atoms with van der Waals surface area (Å²) in [6.07, 6.45) is 0. The number of hydrogen-bond donors (Lipinski definition) is 2. The maximum absolute atomic E-state index is 13.1. The molecule has 0 spiro atoms. The maximum Gasteiger partial charge on any atom is 0.319 e. The van der Waals surface area contributed by atoms with Gasteiger partial charge in [-0.2, -0.15) is 0 Å². The quantitative estimate of drug-likeness (QED) is 0.736. The molecule has 3 N–H and O–H groups in total. The number of benzene rings is 2. The Morgan fingerprint density at radius 1 is 1.03 bits per heavy atom. The molecule has 2 aromatic carbocycles. The molecule has 2 unspecified atom stereocenters. The van der Waals surface area contributed by atoms with E-state index >= 15 is 0 Å². The van der Waals surface area contributed by atoms with Crippen molar-refractivity contribution in [2.24, 2.45) is 5.73 Å². The zero-order valence-corrected chi connectivity index (χ0v) is 15.6. The summed E-state index contributed by atoms with van der Waals surface area (Å²) in [4.78, 5) is 50.1. The van der Waals surface area contributed by atoms with Crippen LogP contribution in [0.1, 0.15) is 33.4 Å². The Morgan fingerprint density at radius 2 is 1.62 bits per heavy atom. The van der Waals surface area contributed by atoms with Crippen molar-refractivity contribution in [1.29, 1.82) is 0 Å². The van der Waals surface area contributed by atoms with Gasteiger partial charge in [0, 0.05) is 11.6 Å². The Kier molecular flexibility index (Phi) is 5.22. The van der Waals surface area contributed by atoms with E-state index in [0.29, 0.717) is 16.4 Å². The number of rotatable bonds is 4. The van der Waals surface area contributed by atoms with Crippen molar-refractivity contribution < 1.29 is 33.8 Å². The number of amides is 3. The van der Waals surface area contributed by atoms with Crippen molar-refractivity contribution in [2.45, 2.75) is 12.0 Å². The third-order valence-electron chi connectivity index (χ3n) is 4.75. The molecule has 9 nitrogen and oxygen atoms in total. The van der Waals surface area contributed by atoms with E-state index in [1.165, 1.54) is 44.6 Å². The fourth-order valence-electron chi connectivity index (χ4n) is 3.49. The summed E-state index contributed by atoms with van der Waals surface area (Å²) in [6.45, 7) is 0. The van der Waals surface area contributed by atoms with Crippen LogP contribution in [0.15, 0.2) is 42.5 Å². The Morgan fingerprint density at radius 3 is 2.14 bits per heavy atom. The van der Waals surface area contributed by atoms with Gasteiger partial charge in [-0.05, 0) is 29.3 Å². The van der Waals surface area contributed by atoms with Crippen LogP contribution in [-0.4, -0.2) is 47.9 Å². The van der Waals surface area contributed by atoms with Crippen LogP contribution >= 0.6 is 0 Å². The Hall–Kier alpha value is -3.88. The molecule has 1 heterocycles. The zero-order chi connectivity index (χ0) is 21.3. The standard InChI is InChI=1S/C20H18N2O7/c1-28-11-7-10(8-12(9-11)29-2)16-15(20(26)27)13-5-3-4-6-14(13)18(24)22(16)19(25)17(21)23/h3-9,15-16H,1-2H3,(H2,21,23)(H,26,27). The smallest absolute Gasteiger partial charge is 0.319 e. The lowest BCUT2D eigenvalue weighted by atomic mass is 9.79. The number of primary amides is 1. The van der Waals surface area contributed by atoms with Crippen LogP contribution < -0.4 is 15.2 Å². The number of aliphatic carboxylic acids is 1. The average Bonchev–Trinajstić information content (AvgIpc) is 2.72. The predicted molar refractivity (Wildman–Crippen MR) is 99.5 cm³/mol. The van der Waals surface area contributed by atoms with Crippen LogP contribution in [0.2, 0.25) is 0 Å². The molecule has 1 aliphatic rings. The van der Waals surface area contributed by atoms with Crippen molar-refractivity contribution in [1.82, 2.24) is 4.90 Å². The number of imide groups is 1. The summed E-state index contributed by atoms with van der Waals surface area (Å²) >= 11 is 0. The van der Waals surface area contributed by atoms with Gasteiger partial charge in [-0.1, -0.05) is 18.2 Å². The molecule has 0 bridgehead atoms. The SMILES string of the molecule is COc1cc(OC)cc(C2C(C(=O)O)c3ccccc3C(=O)N2C(=O)C(N)=O)c1. The van der Waals surface area contributed by atoms with E-state index in [-0.39, 0.29) is 16.7 Å². The van der Waals surface area contributed by atoms with Gasteiger partial charge in [-0.25, -0.2) is 0 Å². The topological polar surface area (TPSA) is 136 Å². The van der Waals surface area contributed by atoms with Crippen LogP contribution in [0.3, 0.4) is 0 Å². The molecule has 2 aromatic rings. The summed E-state index contributed by atoms with van der Waals surface area (Å²) in [5.41, 5.74) is 5.63. The number of carbonyl (C=O) groups excluding carboxylic acids is 3. The lowest BCUT2D eigenvalue weighted by Crippen LogP contribution is -2.51. The number of methoxy groups -OCH3 is 2. The molecule has 0 aromatic heterocycles. The molecule has 1 aliphatic heterocycles. The van der Waals surface area contributed by atoms with E-state index in [1.807, 2.05) is 0 Å². The van der Waals surface area contributed by atoms with Crippen LogP contribution in [0.4, 0.5) is 0 Å². The van der Waals surface area contributed by atoms with E-state index in [9.17, 15) is 24.3 Å². The van der Waals surface area contributed by atoms with Crippen molar-refractivity contribution >= 4 is 23.7 Å². The highest BCUT2D eigenvalue weighted by molar-refractivity contribution is 6.38. The molecule has 0 radical (unpaired) electrons. The Labute approximate surface area is 165 Å². The Bertz CT molecular complexity index is 995. The first-order chi connectivity index (χ1) is 13.8. The number of fused-ring (bicyclic) bond motifs is 1. The van der Waals surface area contributed by atoms with Crippen molar-refractivity contribution in [3.8, 4) is 11.5 Å². The first kappa shape index (κ1) is 19.9. The van der Waals surface area contributed by atoms with Crippen molar-refractivity contribution in [3.63, 3.8) is 0 Å². The van der Waals surface area contributed by atoms with Gasteiger partial charge >= 0.3 is 17.8 Å². The first-order valence-electron chi connectivity index (χ1n) is 8.52. The third-order valence-corrected chi connectivity index (χ3v) is 4.75. The number of ether oxygens (including phenoxy) is 2. The van der Waals surface area contributed by atoms with Crippen LogP contribution in [-0.2, 0) is 14.4 Å². The third kappa shape index (κ3) is 3.38. The van der Waals surface area contributed by atoms with Crippen molar-refractivity contribution in [3.05, 3.63) is 59.2 Å². The van der Waals surface area contributed by atoms with Gasteiger partial charge in [-0.15, -0.1) is 0 Å². The molecular weight excluding hydrogens is 380 g/mol. The zero-order valence-electron chi connectivity index (χ0n) is 15.6. The summed E-state index contributed by atoms with van der Waals surface area (Å²) in [5, 5.41) is 9.97. The molecule has 150 valence electrons. The number of nitrogens with two attached hydrogens (primary N) is 1. The van der Waals surface area contributed by atoms with E-state index in [4.69, 9.17) is 15.2 Å². The monoisotopic (exact) mass is 398 g/mol. The van der Waals surface area contributed by atoms with Crippen LogP contribution in [0.5, 0.6) is 11.5 Å². The lowest BCUT2D eigenvalue weighted by molar-refractivity contribution is -0.147. The minimum Gasteiger partial charge on any atom is -0.497 e. The maximum atomic E-state index is 13.1. The number of carbonyl (C=O) groups is 4. The van der Waals surface area contributed by atoms with Gasteiger partial charge in [0.15, 0.2) is 0 Å². The van der Waals surface area contributed by atoms with Gasteiger partial charge < -0.3 is 20.3 Å². The van der Waals surface area contributed by atoms with Gasteiger partial charge in [0.1, 0.15) is 17.4 Å². The number of nitrogens with zero attached hydrogens (tertiary/aromatic N) is 1. The number of hydrogen-bond acceptors (Lipinski definition) is 6. The summed E-state index contributed by atoms with van der Waals surface area (Å²) in [7, 11) is 2.81. The minimum absolute atomic E-state index is 0.0145. The highest BCUT2D eigenvalue weighted by Crippen LogP contribution is 2.44. The highest BCUT2D eigenvalue weighted by Gasteiger charge is 2.48. The Balaban J connectivity index is 2.32. The van der Waals surface area contributed by atoms with Gasteiger partial charge in [0.2, 0.25) is 0 Å². The van der Waals surface area contributed by atoms with E-state index in [1.54, 1.807) is 12.1 Å². The minimum atomic E-state index is -1.37. The van der Waals surface area contributed by atoms with E-state index < -0.39 is 35.7 Å².